The van der Waals surface area contributed by atoms with Crippen molar-refractivity contribution in [1.82, 2.24) is 19.7 Å². The van der Waals surface area contributed by atoms with Gasteiger partial charge in [-0.05, 0) is 50.2 Å². The van der Waals surface area contributed by atoms with Gasteiger partial charge in [-0.1, -0.05) is 6.07 Å². The van der Waals surface area contributed by atoms with Gasteiger partial charge in [0.15, 0.2) is 0 Å². The highest BCUT2D eigenvalue weighted by Gasteiger charge is 2.32. The van der Waals surface area contributed by atoms with Crippen LogP contribution in [0, 0.1) is 0 Å². The standard InChI is InChI=1S/C21H30N4O2/c26-19(24-11-1-2-12-24)16-23-10-5-13-25(15-14-23)21(27)18-8-3-6-17-7-4-9-22-20(17)18/h4,7,9,18H,1-3,5-6,8,10-16H2. The van der Waals surface area contributed by atoms with E-state index in [1.165, 1.54) is 5.56 Å². The van der Waals surface area contributed by atoms with Crippen molar-refractivity contribution in [2.75, 3.05) is 45.8 Å². The van der Waals surface area contributed by atoms with E-state index in [4.69, 9.17) is 0 Å². The molecule has 0 bridgehead atoms. The average Bonchev–Trinajstić information content (AvgIpc) is 3.15. The van der Waals surface area contributed by atoms with Gasteiger partial charge >= 0.3 is 0 Å². The molecule has 0 saturated carbocycles. The first kappa shape index (κ1) is 18.4. The first-order valence-corrected chi connectivity index (χ1v) is 10.4. The number of carbonyl (C=O) groups excluding carboxylic acids is 2. The van der Waals surface area contributed by atoms with Gasteiger partial charge in [0.1, 0.15) is 0 Å². The number of hydrogen-bond donors (Lipinski definition) is 0. The molecule has 6 heteroatoms. The van der Waals surface area contributed by atoms with Crippen LogP contribution in [-0.2, 0) is 16.0 Å². The van der Waals surface area contributed by atoms with Gasteiger partial charge in [0.2, 0.25) is 11.8 Å². The van der Waals surface area contributed by atoms with Gasteiger partial charge in [-0.25, -0.2) is 0 Å². The third-order valence-corrected chi connectivity index (χ3v) is 6.21. The normalized spacial score (nSPS) is 23.8. The van der Waals surface area contributed by atoms with Crippen molar-refractivity contribution in [3.63, 3.8) is 0 Å². The summed E-state index contributed by atoms with van der Waals surface area (Å²) in [5, 5.41) is 0. The van der Waals surface area contributed by atoms with Gasteiger partial charge in [-0.3, -0.25) is 19.5 Å². The Kier molecular flexibility index (Phi) is 5.72. The van der Waals surface area contributed by atoms with Crippen LogP contribution >= 0.6 is 0 Å². The van der Waals surface area contributed by atoms with E-state index >= 15 is 0 Å². The zero-order valence-corrected chi connectivity index (χ0v) is 16.1. The number of fused-ring (bicyclic) bond motifs is 1. The molecule has 2 saturated heterocycles. The van der Waals surface area contributed by atoms with E-state index in [2.05, 4.69) is 16.0 Å². The molecule has 6 nitrogen and oxygen atoms in total. The Bertz CT molecular complexity index is 687. The number of hydrogen-bond acceptors (Lipinski definition) is 4. The summed E-state index contributed by atoms with van der Waals surface area (Å²) in [6.07, 6.45) is 7.98. The Morgan fingerprint density at radius 1 is 0.963 bits per heavy atom. The summed E-state index contributed by atoms with van der Waals surface area (Å²) in [5.74, 6) is 0.382. The molecule has 4 rings (SSSR count). The smallest absolute Gasteiger partial charge is 0.236 e. The molecular weight excluding hydrogens is 340 g/mol. The zero-order valence-electron chi connectivity index (χ0n) is 16.1. The molecule has 0 spiro atoms. The molecule has 1 unspecified atom stereocenters. The Hall–Kier alpha value is -1.95. The molecule has 1 aliphatic carbocycles. The fraction of sp³-hybridized carbons (Fsp3) is 0.667. The number of amides is 2. The van der Waals surface area contributed by atoms with E-state index in [0.717, 1.165) is 76.9 Å². The summed E-state index contributed by atoms with van der Waals surface area (Å²) in [4.78, 5) is 36.4. The van der Waals surface area contributed by atoms with Crippen LogP contribution in [0.5, 0.6) is 0 Å². The van der Waals surface area contributed by atoms with E-state index in [0.29, 0.717) is 13.1 Å². The molecule has 0 N–H and O–H groups in total. The molecule has 3 heterocycles. The highest BCUT2D eigenvalue weighted by atomic mass is 16.2. The average molecular weight is 370 g/mol. The van der Waals surface area contributed by atoms with E-state index in [1.54, 1.807) is 6.20 Å². The van der Waals surface area contributed by atoms with Crippen LogP contribution in [0.1, 0.15) is 49.3 Å². The van der Waals surface area contributed by atoms with Crippen LogP contribution in [0.15, 0.2) is 18.3 Å². The fourth-order valence-corrected chi connectivity index (χ4v) is 4.68. The minimum atomic E-state index is -0.0901. The van der Waals surface area contributed by atoms with Gasteiger partial charge in [-0.2, -0.15) is 0 Å². The van der Waals surface area contributed by atoms with Crippen LogP contribution in [0.3, 0.4) is 0 Å². The monoisotopic (exact) mass is 370 g/mol. The van der Waals surface area contributed by atoms with Crippen molar-refractivity contribution in [2.24, 2.45) is 0 Å². The lowest BCUT2D eigenvalue weighted by molar-refractivity contribution is -0.133. The molecule has 1 atom stereocenters. The van der Waals surface area contributed by atoms with Gasteiger partial charge in [0, 0.05) is 45.5 Å². The molecule has 2 amide bonds. The largest absolute Gasteiger partial charge is 0.342 e. The maximum absolute atomic E-state index is 13.2. The van der Waals surface area contributed by atoms with Crippen LogP contribution in [-0.4, -0.2) is 77.3 Å². The third-order valence-electron chi connectivity index (χ3n) is 6.21. The molecular formula is C21H30N4O2. The number of aryl methyl sites for hydroxylation is 1. The quantitative estimate of drug-likeness (QED) is 0.812. The maximum Gasteiger partial charge on any atom is 0.236 e. The SMILES string of the molecule is O=C(CN1CCCN(C(=O)C2CCCc3cccnc32)CC1)N1CCCC1. The molecule has 1 aromatic rings. The Balaban J connectivity index is 1.35. The van der Waals surface area contributed by atoms with Crippen LogP contribution in [0.2, 0.25) is 0 Å². The lowest BCUT2D eigenvalue weighted by Crippen LogP contribution is -2.42. The molecule has 0 radical (unpaired) electrons. The van der Waals surface area contributed by atoms with Crippen molar-refractivity contribution in [3.05, 3.63) is 29.6 Å². The molecule has 0 aromatic carbocycles. The van der Waals surface area contributed by atoms with Gasteiger partial charge in [-0.15, -0.1) is 0 Å². The number of likely N-dealkylation sites (tertiary alicyclic amines) is 1. The van der Waals surface area contributed by atoms with E-state index in [9.17, 15) is 9.59 Å². The van der Waals surface area contributed by atoms with Crippen molar-refractivity contribution in [1.29, 1.82) is 0 Å². The summed E-state index contributed by atoms with van der Waals surface area (Å²) in [6.45, 7) is 5.49. The second-order valence-corrected chi connectivity index (χ2v) is 8.04. The topological polar surface area (TPSA) is 56.8 Å². The second-order valence-electron chi connectivity index (χ2n) is 8.04. The van der Waals surface area contributed by atoms with Crippen molar-refractivity contribution >= 4 is 11.8 Å². The molecule has 3 aliphatic rings. The van der Waals surface area contributed by atoms with E-state index in [1.807, 2.05) is 15.9 Å². The minimum Gasteiger partial charge on any atom is -0.342 e. The first-order chi connectivity index (χ1) is 13.2. The lowest BCUT2D eigenvalue weighted by Gasteiger charge is -2.29. The van der Waals surface area contributed by atoms with Gasteiger partial charge < -0.3 is 9.80 Å². The summed E-state index contributed by atoms with van der Waals surface area (Å²) in [7, 11) is 0. The highest BCUT2D eigenvalue weighted by Crippen LogP contribution is 2.31. The molecule has 2 aliphatic heterocycles. The van der Waals surface area contributed by atoms with E-state index < -0.39 is 0 Å². The summed E-state index contributed by atoms with van der Waals surface area (Å²) < 4.78 is 0. The zero-order chi connectivity index (χ0) is 18.6. The lowest BCUT2D eigenvalue weighted by atomic mass is 9.85. The molecule has 27 heavy (non-hydrogen) atoms. The van der Waals surface area contributed by atoms with Crippen molar-refractivity contribution in [2.45, 2.75) is 44.4 Å². The van der Waals surface area contributed by atoms with Crippen molar-refractivity contribution < 1.29 is 9.59 Å². The first-order valence-electron chi connectivity index (χ1n) is 10.4. The highest BCUT2D eigenvalue weighted by molar-refractivity contribution is 5.84. The van der Waals surface area contributed by atoms with Gasteiger partial charge in [0.25, 0.3) is 0 Å². The Morgan fingerprint density at radius 3 is 2.63 bits per heavy atom. The number of pyridine rings is 1. The molecule has 2 fully saturated rings. The van der Waals surface area contributed by atoms with Crippen LogP contribution < -0.4 is 0 Å². The third kappa shape index (κ3) is 4.15. The van der Waals surface area contributed by atoms with E-state index in [-0.39, 0.29) is 17.7 Å². The number of nitrogens with zero attached hydrogens (tertiary/aromatic N) is 4. The van der Waals surface area contributed by atoms with Gasteiger partial charge in [0.05, 0.1) is 18.2 Å². The van der Waals surface area contributed by atoms with Crippen molar-refractivity contribution in [3.8, 4) is 0 Å². The Morgan fingerprint density at radius 2 is 1.78 bits per heavy atom. The molecule has 146 valence electrons. The maximum atomic E-state index is 13.2. The number of carbonyl (C=O) groups is 2. The summed E-state index contributed by atoms with van der Waals surface area (Å²) >= 11 is 0. The van der Waals surface area contributed by atoms with Crippen LogP contribution in [0.4, 0.5) is 0 Å². The minimum absolute atomic E-state index is 0.0901. The number of aromatic nitrogens is 1. The molecule has 1 aromatic heterocycles. The fourth-order valence-electron chi connectivity index (χ4n) is 4.68. The predicted octanol–water partition coefficient (Wildman–Crippen LogP) is 1.66. The summed E-state index contributed by atoms with van der Waals surface area (Å²) in [5.41, 5.74) is 2.22. The predicted molar refractivity (Wildman–Crippen MR) is 103 cm³/mol. The second kappa shape index (κ2) is 8.38. The van der Waals surface area contributed by atoms with Crippen LogP contribution in [0.25, 0.3) is 0 Å². The summed E-state index contributed by atoms with van der Waals surface area (Å²) in [6, 6.07) is 4.07. The number of rotatable bonds is 3. The Labute approximate surface area is 161 Å².